The van der Waals surface area contributed by atoms with Gasteiger partial charge in [0, 0.05) is 32.1 Å². The number of carbonyl (C=O) groups is 1. The van der Waals surface area contributed by atoms with Crippen molar-refractivity contribution in [1.82, 2.24) is 10.2 Å². The van der Waals surface area contributed by atoms with Gasteiger partial charge in [-0.15, -0.1) is 0 Å². The van der Waals surface area contributed by atoms with Crippen molar-refractivity contribution in [2.75, 3.05) is 19.6 Å². The van der Waals surface area contributed by atoms with Gasteiger partial charge in [0.2, 0.25) is 0 Å². The molecule has 20 heavy (non-hydrogen) atoms. The lowest BCUT2D eigenvalue weighted by Gasteiger charge is -2.33. The summed E-state index contributed by atoms with van der Waals surface area (Å²) < 4.78 is 5.88. The highest BCUT2D eigenvalue weighted by atomic mass is 16.5. The van der Waals surface area contributed by atoms with E-state index in [-0.39, 0.29) is 12.0 Å². The molecule has 2 unspecified atom stereocenters. The van der Waals surface area contributed by atoms with Gasteiger partial charge in [-0.05, 0) is 43.5 Å². The first-order valence-electron chi connectivity index (χ1n) is 7.33. The minimum Gasteiger partial charge on any atom is -0.480 e. The van der Waals surface area contributed by atoms with E-state index in [0.29, 0.717) is 12.5 Å². The normalized spacial score (nSPS) is 25.2. The fourth-order valence-electron chi connectivity index (χ4n) is 2.99. The van der Waals surface area contributed by atoms with Gasteiger partial charge in [0.25, 0.3) is 5.91 Å². The van der Waals surface area contributed by atoms with Crippen LogP contribution in [0.4, 0.5) is 0 Å². The third-order valence-electron chi connectivity index (χ3n) is 4.31. The van der Waals surface area contributed by atoms with Crippen molar-refractivity contribution in [3.63, 3.8) is 0 Å². The van der Waals surface area contributed by atoms with E-state index in [1.54, 1.807) is 0 Å². The number of amides is 1. The summed E-state index contributed by atoms with van der Waals surface area (Å²) in [5, 5.41) is 3.35. The van der Waals surface area contributed by atoms with Gasteiger partial charge in [0.15, 0.2) is 6.10 Å². The summed E-state index contributed by atoms with van der Waals surface area (Å²) in [6.07, 6.45) is 0.365. The summed E-state index contributed by atoms with van der Waals surface area (Å²) in [5.41, 5.74) is 3.64. The lowest BCUT2D eigenvalue weighted by Crippen LogP contribution is -2.54. The Morgan fingerprint density at radius 3 is 2.85 bits per heavy atom. The number of fused-ring (bicyclic) bond motifs is 1. The van der Waals surface area contributed by atoms with Gasteiger partial charge in [0.05, 0.1) is 0 Å². The molecule has 1 amide bonds. The first-order chi connectivity index (χ1) is 9.54. The van der Waals surface area contributed by atoms with Gasteiger partial charge in [-0.1, -0.05) is 6.07 Å². The Kier molecular flexibility index (Phi) is 3.42. The molecule has 0 bridgehead atoms. The zero-order valence-electron chi connectivity index (χ0n) is 12.4. The summed E-state index contributed by atoms with van der Waals surface area (Å²) in [7, 11) is 0. The van der Waals surface area contributed by atoms with Gasteiger partial charge in [-0.25, -0.2) is 0 Å². The third kappa shape index (κ3) is 2.40. The molecule has 4 nitrogen and oxygen atoms in total. The summed E-state index contributed by atoms with van der Waals surface area (Å²) in [4.78, 5) is 14.5. The van der Waals surface area contributed by atoms with Gasteiger partial charge >= 0.3 is 0 Å². The van der Waals surface area contributed by atoms with E-state index in [9.17, 15) is 4.79 Å². The van der Waals surface area contributed by atoms with Gasteiger partial charge in [-0.2, -0.15) is 0 Å². The Balaban J connectivity index is 1.73. The minimum atomic E-state index is -0.337. The third-order valence-corrected chi connectivity index (χ3v) is 4.31. The zero-order valence-corrected chi connectivity index (χ0v) is 12.4. The summed E-state index contributed by atoms with van der Waals surface area (Å²) in [5.74, 6) is 1.01. The molecule has 1 fully saturated rings. The van der Waals surface area contributed by atoms with E-state index < -0.39 is 0 Å². The van der Waals surface area contributed by atoms with E-state index in [4.69, 9.17) is 4.74 Å². The van der Waals surface area contributed by atoms with Crippen molar-refractivity contribution < 1.29 is 9.53 Å². The van der Waals surface area contributed by atoms with Crippen molar-refractivity contribution in [3.05, 3.63) is 28.8 Å². The number of ether oxygens (including phenoxy) is 1. The maximum absolute atomic E-state index is 12.6. The van der Waals surface area contributed by atoms with Crippen LogP contribution in [0.1, 0.15) is 23.6 Å². The van der Waals surface area contributed by atoms with Crippen LogP contribution in [0.3, 0.4) is 0 Å². The molecule has 0 saturated carbocycles. The lowest BCUT2D eigenvalue weighted by atomic mass is 10.0. The van der Waals surface area contributed by atoms with E-state index in [0.717, 1.165) is 30.9 Å². The highest BCUT2D eigenvalue weighted by molar-refractivity contribution is 5.83. The molecular formula is C16H22N2O2. The van der Waals surface area contributed by atoms with Crippen molar-refractivity contribution in [2.24, 2.45) is 0 Å². The summed E-state index contributed by atoms with van der Waals surface area (Å²) in [6, 6.07) is 4.57. The van der Waals surface area contributed by atoms with Crippen molar-refractivity contribution in [2.45, 2.75) is 39.3 Å². The molecular weight excluding hydrogens is 252 g/mol. The Labute approximate surface area is 120 Å². The summed E-state index contributed by atoms with van der Waals surface area (Å²) in [6.45, 7) is 8.70. The molecule has 1 aromatic carbocycles. The fourth-order valence-corrected chi connectivity index (χ4v) is 2.99. The maximum Gasteiger partial charge on any atom is 0.264 e. The second kappa shape index (κ2) is 5.09. The number of nitrogens with zero attached hydrogens (tertiary/aromatic N) is 1. The standard InChI is InChI=1S/C16H22N2O2/c1-10-6-13-8-15(20-14(13)7-11(10)2)16(19)18-5-4-17-12(3)9-18/h6-7,12,15,17H,4-5,8-9H2,1-3H3. The molecule has 4 heteroatoms. The van der Waals surface area contributed by atoms with E-state index in [1.165, 1.54) is 11.1 Å². The van der Waals surface area contributed by atoms with Gasteiger partial charge in [0.1, 0.15) is 5.75 Å². The molecule has 0 aliphatic carbocycles. The van der Waals surface area contributed by atoms with Crippen LogP contribution in [0.2, 0.25) is 0 Å². The first kappa shape index (κ1) is 13.4. The van der Waals surface area contributed by atoms with Crippen LogP contribution in [0.5, 0.6) is 5.75 Å². The van der Waals surface area contributed by atoms with Crippen LogP contribution < -0.4 is 10.1 Å². The van der Waals surface area contributed by atoms with Crippen LogP contribution in [-0.2, 0) is 11.2 Å². The number of hydrogen-bond acceptors (Lipinski definition) is 3. The predicted molar refractivity (Wildman–Crippen MR) is 78.1 cm³/mol. The number of hydrogen-bond donors (Lipinski definition) is 1. The lowest BCUT2D eigenvalue weighted by molar-refractivity contribution is -0.139. The number of nitrogens with one attached hydrogen (secondary N) is 1. The number of benzene rings is 1. The molecule has 0 radical (unpaired) electrons. The Hall–Kier alpha value is -1.55. The second-order valence-electron chi connectivity index (χ2n) is 5.99. The molecule has 108 valence electrons. The topological polar surface area (TPSA) is 41.6 Å². The van der Waals surface area contributed by atoms with Crippen LogP contribution in [0, 0.1) is 13.8 Å². The van der Waals surface area contributed by atoms with Gasteiger partial charge < -0.3 is 15.0 Å². The number of rotatable bonds is 1. The van der Waals surface area contributed by atoms with Crippen LogP contribution in [0.15, 0.2) is 12.1 Å². The van der Waals surface area contributed by atoms with Crippen molar-refractivity contribution in [3.8, 4) is 5.75 Å². The van der Waals surface area contributed by atoms with Crippen LogP contribution >= 0.6 is 0 Å². The van der Waals surface area contributed by atoms with E-state index in [1.807, 2.05) is 4.90 Å². The Morgan fingerprint density at radius 2 is 2.10 bits per heavy atom. The average molecular weight is 274 g/mol. The monoisotopic (exact) mass is 274 g/mol. The molecule has 3 rings (SSSR count). The van der Waals surface area contributed by atoms with E-state index in [2.05, 4.69) is 38.2 Å². The molecule has 2 heterocycles. The maximum atomic E-state index is 12.6. The molecule has 2 aliphatic heterocycles. The minimum absolute atomic E-state index is 0.129. The molecule has 1 saturated heterocycles. The average Bonchev–Trinajstić information content (AvgIpc) is 2.81. The Morgan fingerprint density at radius 1 is 1.35 bits per heavy atom. The molecule has 2 atom stereocenters. The molecule has 0 spiro atoms. The number of piperazine rings is 1. The molecule has 1 aromatic rings. The smallest absolute Gasteiger partial charge is 0.264 e. The number of aryl methyl sites for hydroxylation is 2. The molecule has 1 N–H and O–H groups in total. The van der Waals surface area contributed by atoms with Gasteiger partial charge in [-0.3, -0.25) is 4.79 Å². The van der Waals surface area contributed by atoms with Crippen LogP contribution in [0.25, 0.3) is 0 Å². The SMILES string of the molecule is Cc1cc2c(cc1C)OC(C(=O)N1CCNC(C)C1)C2. The first-order valence-corrected chi connectivity index (χ1v) is 7.33. The quantitative estimate of drug-likeness (QED) is 0.842. The Bertz CT molecular complexity index is 511. The van der Waals surface area contributed by atoms with E-state index >= 15 is 0 Å². The predicted octanol–water partition coefficient (Wildman–Crippen LogP) is 1.43. The largest absolute Gasteiger partial charge is 0.480 e. The molecule has 2 aliphatic rings. The fraction of sp³-hybridized carbons (Fsp3) is 0.562. The highest BCUT2D eigenvalue weighted by Gasteiger charge is 2.34. The highest BCUT2D eigenvalue weighted by Crippen LogP contribution is 2.32. The molecule has 0 aromatic heterocycles. The van der Waals surface area contributed by atoms with Crippen molar-refractivity contribution >= 4 is 5.91 Å². The second-order valence-corrected chi connectivity index (χ2v) is 5.99. The van der Waals surface area contributed by atoms with Crippen LogP contribution in [-0.4, -0.2) is 42.6 Å². The summed E-state index contributed by atoms with van der Waals surface area (Å²) >= 11 is 0. The van der Waals surface area contributed by atoms with Crippen molar-refractivity contribution in [1.29, 1.82) is 0 Å². The number of carbonyl (C=O) groups excluding carboxylic acids is 1. The zero-order chi connectivity index (χ0) is 14.3.